The van der Waals surface area contributed by atoms with Crippen molar-refractivity contribution in [3.8, 4) is 0 Å². The molecule has 0 amide bonds. The molecule has 0 aliphatic heterocycles. The molecule has 0 saturated carbocycles. The van der Waals surface area contributed by atoms with E-state index in [1.807, 2.05) is 20.8 Å². The molecule has 170 valence electrons. The fraction of sp³-hybridized carbons (Fsp3) is 0.318. The van der Waals surface area contributed by atoms with Crippen LogP contribution < -0.4 is 4.31 Å². The van der Waals surface area contributed by atoms with E-state index in [9.17, 15) is 13.2 Å². The summed E-state index contributed by atoms with van der Waals surface area (Å²) >= 11 is 5.98. The van der Waals surface area contributed by atoms with Crippen LogP contribution in [0.1, 0.15) is 55.9 Å². The van der Waals surface area contributed by atoms with Gasteiger partial charge in [0.2, 0.25) is 0 Å². The largest absolute Gasteiger partial charge is 0.449 e. The number of carbonyl (C=O) groups excluding carboxylic acids is 1. The highest BCUT2D eigenvalue weighted by molar-refractivity contribution is 7.92. The van der Waals surface area contributed by atoms with Crippen molar-refractivity contribution >= 4 is 33.3 Å². The molecule has 0 aliphatic carbocycles. The van der Waals surface area contributed by atoms with Crippen LogP contribution >= 0.6 is 11.6 Å². The van der Waals surface area contributed by atoms with Gasteiger partial charge in [0.1, 0.15) is 0 Å². The van der Waals surface area contributed by atoms with Crippen molar-refractivity contribution in [2.75, 3.05) is 11.4 Å². The first-order valence-corrected chi connectivity index (χ1v) is 11.6. The molecule has 1 atom stereocenters. The summed E-state index contributed by atoms with van der Waals surface area (Å²) in [5.41, 5.74) is 0.154. The second kappa shape index (κ2) is 8.91. The predicted octanol–water partition coefficient (Wildman–Crippen LogP) is 4.76. The molecule has 0 fully saturated rings. The van der Waals surface area contributed by atoms with Gasteiger partial charge in [-0.05, 0) is 43.3 Å². The molecule has 0 radical (unpaired) electrons. The molecule has 0 saturated heterocycles. The van der Waals surface area contributed by atoms with Gasteiger partial charge in [0.25, 0.3) is 15.9 Å². The van der Waals surface area contributed by atoms with Crippen molar-refractivity contribution < 1.29 is 22.5 Å². The van der Waals surface area contributed by atoms with Crippen LogP contribution in [0.4, 0.5) is 5.69 Å². The lowest BCUT2D eigenvalue weighted by Gasteiger charge is -2.20. The molecular weight excluding hydrogens is 454 g/mol. The number of ether oxygens (including phenoxy) is 1. The molecule has 8 nitrogen and oxygen atoms in total. The summed E-state index contributed by atoms with van der Waals surface area (Å²) in [6.07, 6.45) is -0.805. The van der Waals surface area contributed by atoms with Crippen LogP contribution in [0.15, 0.2) is 57.9 Å². The third kappa shape index (κ3) is 5.11. The zero-order valence-electron chi connectivity index (χ0n) is 18.4. The molecular formula is C22H24ClN3O5S. The maximum Gasteiger partial charge on any atom is 0.338 e. The van der Waals surface area contributed by atoms with E-state index in [1.54, 1.807) is 25.1 Å². The van der Waals surface area contributed by atoms with Crippen LogP contribution in [0.2, 0.25) is 5.02 Å². The number of anilines is 1. The van der Waals surface area contributed by atoms with Crippen molar-refractivity contribution in [1.29, 1.82) is 0 Å². The number of hydrogen-bond donors (Lipinski definition) is 0. The van der Waals surface area contributed by atoms with Crippen LogP contribution in [0.5, 0.6) is 0 Å². The zero-order chi connectivity index (χ0) is 23.7. The normalized spacial score (nSPS) is 12.9. The molecule has 3 rings (SSSR count). The average Bonchev–Trinajstić information content (AvgIpc) is 3.24. The van der Waals surface area contributed by atoms with Crippen molar-refractivity contribution in [2.45, 2.75) is 44.1 Å². The highest BCUT2D eigenvalue weighted by Crippen LogP contribution is 2.26. The number of rotatable bonds is 6. The molecule has 1 aromatic heterocycles. The number of carbonyl (C=O) groups is 1. The lowest BCUT2D eigenvalue weighted by atomic mass is 9.96. The highest BCUT2D eigenvalue weighted by atomic mass is 35.5. The van der Waals surface area contributed by atoms with Gasteiger partial charge in [-0.25, -0.2) is 13.2 Å². The molecule has 0 spiro atoms. The third-order valence-electron chi connectivity index (χ3n) is 4.64. The van der Waals surface area contributed by atoms with Gasteiger partial charge < -0.3 is 9.26 Å². The molecule has 1 heterocycles. The molecule has 3 aromatic rings. The van der Waals surface area contributed by atoms with E-state index < -0.39 is 22.1 Å². The first kappa shape index (κ1) is 23.7. The zero-order valence-corrected chi connectivity index (χ0v) is 19.9. The number of nitrogens with zero attached hydrogens (tertiary/aromatic N) is 3. The SMILES string of the molecule is CC(OC(=O)c1cccc(S(=O)(=O)N(C)c2cccc(Cl)c2)c1)c1nc(C(C)(C)C)no1. The highest BCUT2D eigenvalue weighted by Gasteiger charge is 2.26. The van der Waals surface area contributed by atoms with Crippen molar-refractivity contribution in [3.05, 3.63) is 70.8 Å². The van der Waals surface area contributed by atoms with E-state index in [0.717, 1.165) is 4.31 Å². The van der Waals surface area contributed by atoms with Crippen LogP contribution in [-0.2, 0) is 20.2 Å². The van der Waals surface area contributed by atoms with Crippen LogP contribution in [0.3, 0.4) is 0 Å². The first-order valence-electron chi connectivity index (χ1n) is 9.79. The Morgan fingerprint density at radius 1 is 1.16 bits per heavy atom. The average molecular weight is 478 g/mol. The van der Waals surface area contributed by atoms with Crippen molar-refractivity contribution in [2.24, 2.45) is 0 Å². The second-order valence-corrected chi connectivity index (χ2v) is 10.6. The molecule has 0 N–H and O–H groups in total. The Balaban J connectivity index is 1.80. The summed E-state index contributed by atoms with van der Waals surface area (Å²) in [6.45, 7) is 7.41. The number of sulfonamides is 1. The lowest BCUT2D eigenvalue weighted by molar-refractivity contribution is 0.0265. The molecule has 0 bridgehead atoms. The quantitative estimate of drug-likeness (QED) is 0.471. The minimum atomic E-state index is -3.93. The third-order valence-corrected chi connectivity index (χ3v) is 6.66. The maximum atomic E-state index is 13.1. The molecule has 10 heteroatoms. The Labute approximate surface area is 192 Å². The van der Waals surface area contributed by atoms with Gasteiger partial charge in [-0.2, -0.15) is 4.98 Å². The topological polar surface area (TPSA) is 103 Å². The minimum Gasteiger partial charge on any atom is -0.449 e. The van der Waals surface area contributed by atoms with Crippen LogP contribution in [-0.4, -0.2) is 31.6 Å². The number of esters is 1. The van der Waals surface area contributed by atoms with Crippen LogP contribution in [0, 0.1) is 0 Å². The van der Waals surface area contributed by atoms with Gasteiger partial charge >= 0.3 is 5.97 Å². The first-order chi connectivity index (χ1) is 14.9. The van der Waals surface area contributed by atoms with Gasteiger partial charge in [-0.1, -0.05) is 49.7 Å². The molecule has 32 heavy (non-hydrogen) atoms. The standard InChI is InChI=1S/C22H24ClN3O5S/c1-14(19-24-21(25-31-19)22(2,3)4)30-20(27)15-8-6-11-18(12-15)32(28,29)26(5)17-10-7-9-16(23)13-17/h6-14H,1-5H3. The maximum absolute atomic E-state index is 13.1. The molecule has 0 aliphatic rings. The van der Waals surface area contributed by atoms with E-state index in [0.29, 0.717) is 16.5 Å². The second-order valence-electron chi connectivity index (χ2n) is 8.23. The van der Waals surface area contributed by atoms with Gasteiger partial charge in [-0.15, -0.1) is 0 Å². The van der Waals surface area contributed by atoms with E-state index >= 15 is 0 Å². The fourth-order valence-corrected chi connectivity index (χ4v) is 4.15. The van der Waals surface area contributed by atoms with Gasteiger partial charge in [-0.3, -0.25) is 4.31 Å². The Morgan fingerprint density at radius 3 is 2.47 bits per heavy atom. The summed E-state index contributed by atoms with van der Waals surface area (Å²) in [5, 5.41) is 4.33. The molecule has 2 aromatic carbocycles. The Kier molecular flexibility index (Phi) is 6.61. The van der Waals surface area contributed by atoms with Crippen LogP contribution in [0.25, 0.3) is 0 Å². The summed E-state index contributed by atoms with van der Waals surface area (Å²) in [6, 6.07) is 12.1. The van der Waals surface area contributed by atoms with E-state index in [4.69, 9.17) is 20.9 Å². The summed E-state index contributed by atoms with van der Waals surface area (Å²) in [5.74, 6) is -0.0595. The lowest BCUT2D eigenvalue weighted by Crippen LogP contribution is -2.26. The number of hydrogen-bond acceptors (Lipinski definition) is 7. The van der Waals surface area contributed by atoms with Gasteiger partial charge in [0.15, 0.2) is 11.9 Å². The smallest absolute Gasteiger partial charge is 0.338 e. The monoisotopic (exact) mass is 477 g/mol. The number of halogens is 1. The Bertz CT molecular complexity index is 1230. The minimum absolute atomic E-state index is 0.0603. The van der Waals surface area contributed by atoms with Gasteiger partial charge in [0, 0.05) is 17.5 Å². The summed E-state index contributed by atoms with van der Waals surface area (Å²) in [7, 11) is -2.52. The fourth-order valence-electron chi connectivity index (χ4n) is 2.74. The summed E-state index contributed by atoms with van der Waals surface area (Å²) in [4.78, 5) is 16.9. The number of benzene rings is 2. The van der Waals surface area contributed by atoms with E-state index in [1.165, 1.54) is 37.4 Å². The Hall–Kier alpha value is -2.91. The molecule has 1 unspecified atom stereocenters. The van der Waals surface area contributed by atoms with E-state index in [2.05, 4.69) is 10.1 Å². The van der Waals surface area contributed by atoms with Crippen molar-refractivity contribution in [1.82, 2.24) is 10.1 Å². The van der Waals surface area contributed by atoms with Crippen molar-refractivity contribution in [3.63, 3.8) is 0 Å². The summed E-state index contributed by atoms with van der Waals surface area (Å²) < 4.78 is 37.8. The van der Waals surface area contributed by atoms with E-state index in [-0.39, 0.29) is 21.8 Å². The number of aromatic nitrogens is 2. The Morgan fingerprint density at radius 2 is 1.84 bits per heavy atom. The predicted molar refractivity (Wildman–Crippen MR) is 120 cm³/mol. The van der Waals surface area contributed by atoms with Gasteiger partial charge in [0.05, 0.1) is 16.1 Å².